The van der Waals surface area contributed by atoms with Gasteiger partial charge in [-0.15, -0.1) is 0 Å². The summed E-state index contributed by atoms with van der Waals surface area (Å²) in [5, 5.41) is 0. The van der Waals surface area contributed by atoms with Gasteiger partial charge in [0.1, 0.15) is 0 Å². The Labute approximate surface area is 103 Å². The zero-order valence-corrected chi connectivity index (χ0v) is 11.0. The predicted molar refractivity (Wildman–Crippen MR) is 68.6 cm³/mol. The molecule has 3 heteroatoms. The third-order valence-electron chi connectivity index (χ3n) is 4.07. The van der Waals surface area contributed by atoms with Gasteiger partial charge in [-0.05, 0) is 41.5 Å². The van der Waals surface area contributed by atoms with Crippen molar-refractivity contribution in [2.45, 2.75) is 19.8 Å². The van der Waals surface area contributed by atoms with Gasteiger partial charge in [0.2, 0.25) is 0 Å². The quantitative estimate of drug-likeness (QED) is 0.871. The molecule has 1 aromatic rings. The van der Waals surface area contributed by atoms with Crippen molar-refractivity contribution in [2.75, 3.05) is 20.8 Å². The normalized spacial score (nSPS) is 25.5. The number of hydrogen-bond acceptors (Lipinski definition) is 3. The molecule has 2 atom stereocenters. The molecule has 0 saturated heterocycles. The number of hydrogen-bond donors (Lipinski definition) is 1. The summed E-state index contributed by atoms with van der Waals surface area (Å²) in [6, 6.07) is 6.15. The first-order chi connectivity index (χ1) is 8.06. The molecule has 17 heavy (non-hydrogen) atoms. The molecule has 94 valence electrons. The summed E-state index contributed by atoms with van der Waals surface area (Å²) < 4.78 is 10.6. The van der Waals surface area contributed by atoms with E-state index in [1.807, 2.05) is 6.07 Å². The molecule has 1 aliphatic rings. The lowest BCUT2D eigenvalue weighted by Crippen LogP contribution is -2.05. The molecule has 2 N–H and O–H groups in total. The van der Waals surface area contributed by atoms with E-state index in [2.05, 4.69) is 26.0 Å². The number of ether oxygens (including phenoxy) is 2. The SMILES string of the molecule is COc1ccc(C2C(CN)C2(C)C)cc1OC. The molecule has 0 amide bonds. The second-order valence-electron chi connectivity index (χ2n) is 5.26. The highest BCUT2D eigenvalue weighted by Gasteiger charge is 2.57. The molecule has 1 fully saturated rings. The van der Waals surface area contributed by atoms with Crippen LogP contribution in [-0.4, -0.2) is 20.8 Å². The summed E-state index contributed by atoms with van der Waals surface area (Å²) in [5.41, 5.74) is 7.40. The van der Waals surface area contributed by atoms with E-state index in [9.17, 15) is 0 Å². The molecular formula is C14H21NO2. The van der Waals surface area contributed by atoms with Crippen LogP contribution in [0.5, 0.6) is 11.5 Å². The van der Waals surface area contributed by atoms with E-state index in [4.69, 9.17) is 15.2 Å². The Hall–Kier alpha value is -1.22. The Bertz CT molecular complexity index is 415. The summed E-state index contributed by atoms with van der Waals surface area (Å²) >= 11 is 0. The van der Waals surface area contributed by atoms with Crippen molar-refractivity contribution in [3.05, 3.63) is 23.8 Å². The minimum absolute atomic E-state index is 0.300. The van der Waals surface area contributed by atoms with Crippen LogP contribution in [0.15, 0.2) is 18.2 Å². The van der Waals surface area contributed by atoms with Crippen molar-refractivity contribution < 1.29 is 9.47 Å². The van der Waals surface area contributed by atoms with E-state index in [1.165, 1.54) is 5.56 Å². The summed E-state index contributed by atoms with van der Waals surface area (Å²) in [7, 11) is 3.32. The highest BCUT2D eigenvalue weighted by molar-refractivity contribution is 5.46. The van der Waals surface area contributed by atoms with Gasteiger partial charge in [-0.1, -0.05) is 19.9 Å². The van der Waals surface area contributed by atoms with Crippen LogP contribution in [0.4, 0.5) is 0 Å². The van der Waals surface area contributed by atoms with Crippen molar-refractivity contribution in [3.63, 3.8) is 0 Å². The highest BCUT2D eigenvalue weighted by atomic mass is 16.5. The zero-order chi connectivity index (χ0) is 12.6. The van der Waals surface area contributed by atoms with Crippen LogP contribution in [0.3, 0.4) is 0 Å². The minimum atomic E-state index is 0.300. The molecule has 1 aromatic carbocycles. The van der Waals surface area contributed by atoms with Crippen LogP contribution in [0.2, 0.25) is 0 Å². The fourth-order valence-corrected chi connectivity index (χ4v) is 2.89. The predicted octanol–water partition coefficient (Wildman–Crippen LogP) is 2.40. The molecule has 0 spiro atoms. The molecule has 0 radical (unpaired) electrons. The summed E-state index contributed by atoms with van der Waals surface area (Å²) in [6.07, 6.45) is 0. The van der Waals surface area contributed by atoms with Crippen LogP contribution in [0.1, 0.15) is 25.3 Å². The van der Waals surface area contributed by atoms with E-state index in [1.54, 1.807) is 14.2 Å². The first kappa shape index (κ1) is 12.2. The van der Waals surface area contributed by atoms with E-state index < -0.39 is 0 Å². The van der Waals surface area contributed by atoms with E-state index in [0.717, 1.165) is 18.0 Å². The second kappa shape index (κ2) is 4.22. The third-order valence-corrected chi connectivity index (χ3v) is 4.07. The van der Waals surface area contributed by atoms with Crippen molar-refractivity contribution in [1.82, 2.24) is 0 Å². The van der Waals surface area contributed by atoms with Gasteiger partial charge >= 0.3 is 0 Å². The van der Waals surface area contributed by atoms with Gasteiger partial charge in [0.25, 0.3) is 0 Å². The molecule has 2 rings (SSSR count). The van der Waals surface area contributed by atoms with Gasteiger partial charge in [0, 0.05) is 0 Å². The maximum atomic E-state index is 5.81. The summed E-state index contributed by atoms with van der Waals surface area (Å²) in [5.74, 6) is 2.68. The average Bonchev–Trinajstić information content (AvgIpc) is 2.90. The van der Waals surface area contributed by atoms with Crippen LogP contribution in [0, 0.1) is 11.3 Å². The van der Waals surface area contributed by atoms with Gasteiger partial charge in [-0.2, -0.15) is 0 Å². The number of methoxy groups -OCH3 is 2. The van der Waals surface area contributed by atoms with E-state index in [0.29, 0.717) is 17.3 Å². The average molecular weight is 235 g/mol. The van der Waals surface area contributed by atoms with Gasteiger partial charge in [-0.25, -0.2) is 0 Å². The first-order valence-corrected chi connectivity index (χ1v) is 5.98. The van der Waals surface area contributed by atoms with Crippen LogP contribution >= 0.6 is 0 Å². The Balaban J connectivity index is 2.30. The maximum absolute atomic E-state index is 5.81. The molecule has 0 aliphatic heterocycles. The van der Waals surface area contributed by atoms with Crippen LogP contribution < -0.4 is 15.2 Å². The molecule has 3 nitrogen and oxygen atoms in total. The lowest BCUT2D eigenvalue weighted by atomic mass is 10.0. The summed E-state index contributed by atoms with van der Waals surface area (Å²) in [4.78, 5) is 0. The Morgan fingerprint density at radius 2 is 1.82 bits per heavy atom. The molecule has 0 bridgehead atoms. The Kier molecular flexibility index (Phi) is 3.04. The van der Waals surface area contributed by atoms with E-state index >= 15 is 0 Å². The third kappa shape index (κ3) is 1.89. The Morgan fingerprint density at radius 1 is 1.18 bits per heavy atom. The van der Waals surface area contributed by atoms with Gasteiger partial charge in [-0.3, -0.25) is 0 Å². The minimum Gasteiger partial charge on any atom is -0.493 e. The van der Waals surface area contributed by atoms with Crippen molar-refractivity contribution in [2.24, 2.45) is 17.1 Å². The maximum Gasteiger partial charge on any atom is 0.160 e. The fraction of sp³-hybridized carbons (Fsp3) is 0.571. The molecule has 1 saturated carbocycles. The number of rotatable bonds is 4. The Morgan fingerprint density at radius 3 is 2.29 bits per heavy atom. The zero-order valence-electron chi connectivity index (χ0n) is 11.0. The monoisotopic (exact) mass is 235 g/mol. The summed E-state index contributed by atoms with van der Waals surface area (Å²) in [6.45, 7) is 5.28. The molecular weight excluding hydrogens is 214 g/mol. The topological polar surface area (TPSA) is 44.5 Å². The molecule has 0 aromatic heterocycles. The van der Waals surface area contributed by atoms with Crippen molar-refractivity contribution in [1.29, 1.82) is 0 Å². The molecule has 0 heterocycles. The smallest absolute Gasteiger partial charge is 0.160 e. The number of benzene rings is 1. The highest BCUT2D eigenvalue weighted by Crippen LogP contribution is 2.64. The van der Waals surface area contributed by atoms with Crippen LogP contribution in [-0.2, 0) is 0 Å². The molecule has 1 aliphatic carbocycles. The molecule has 2 unspecified atom stereocenters. The standard InChI is InChI=1S/C14H21NO2/c1-14(2)10(8-15)13(14)9-5-6-11(16-3)12(7-9)17-4/h5-7,10,13H,8,15H2,1-4H3. The lowest BCUT2D eigenvalue weighted by molar-refractivity contribution is 0.354. The van der Waals surface area contributed by atoms with Crippen LogP contribution in [0.25, 0.3) is 0 Å². The first-order valence-electron chi connectivity index (χ1n) is 5.98. The largest absolute Gasteiger partial charge is 0.493 e. The number of nitrogens with two attached hydrogens (primary N) is 1. The van der Waals surface area contributed by atoms with Gasteiger partial charge in [0.15, 0.2) is 11.5 Å². The fourth-order valence-electron chi connectivity index (χ4n) is 2.89. The second-order valence-corrected chi connectivity index (χ2v) is 5.26. The lowest BCUT2D eigenvalue weighted by Gasteiger charge is -2.10. The van der Waals surface area contributed by atoms with Gasteiger partial charge < -0.3 is 15.2 Å². The van der Waals surface area contributed by atoms with Gasteiger partial charge in [0.05, 0.1) is 14.2 Å². The van der Waals surface area contributed by atoms with Crippen molar-refractivity contribution in [3.8, 4) is 11.5 Å². The van der Waals surface area contributed by atoms with Crippen molar-refractivity contribution >= 4 is 0 Å². The van der Waals surface area contributed by atoms with E-state index in [-0.39, 0.29) is 0 Å².